The molecule has 1 fully saturated rings. The molecule has 0 aliphatic carbocycles. The Labute approximate surface area is 197 Å². The molecule has 2 aromatic carbocycles. The number of nitriles is 1. The summed E-state index contributed by atoms with van der Waals surface area (Å²) in [7, 11) is 0. The smallest absolute Gasteiger partial charge is 0.224 e. The molecule has 2 heterocycles. The van der Waals surface area contributed by atoms with Gasteiger partial charge in [0, 0.05) is 41.9 Å². The zero-order valence-corrected chi connectivity index (χ0v) is 18.9. The van der Waals surface area contributed by atoms with E-state index in [-0.39, 0.29) is 6.54 Å². The number of rotatable bonds is 6. The molecule has 1 saturated heterocycles. The lowest BCUT2D eigenvalue weighted by atomic mass is 9.99. The van der Waals surface area contributed by atoms with Gasteiger partial charge in [0.25, 0.3) is 0 Å². The molecule has 3 N–H and O–H groups in total. The third-order valence-corrected chi connectivity index (χ3v) is 5.68. The predicted molar refractivity (Wildman–Crippen MR) is 125 cm³/mol. The Morgan fingerprint density at radius 2 is 2.00 bits per heavy atom. The van der Waals surface area contributed by atoms with Crippen molar-refractivity contribution in [3.8, 4) is 28.8 Å². The van der Waals surface area contributed by atoms with E-state index >= 15 is 0 Å². The number of anilines is 1. The van der Waals surface area contributed by atoms with E-state index in [9.17, 15) is 10.4 Å². The highest BCUT2D eigenvalue weighted by atomic mass is 35.5. The second-order valence-electron chi connectivity index (χ2n) is 7.62. The van der Waals surface area contributed by atoms with Crippen LogP contribution in [0.25, 0.3) is 11.1 Å². The number of hydrogen-bond donors (Lipinski definition) is 2. The Hall–Kier alpha value is -3.22. The molecule has 1 aromatic heterocycles. The quantitative estimate of drug-likeness (QED) is 0.567. The summed E-state index contributed by atoms with van der Waals surface area (Å²) < 4.78 is 11.6. The van der Waals surface area contributed by atoms with Crippen LogP contribution in [0.3, 0.4) is 0 Å². The van der Waals surface area contributed by atoms with Crippen LogP contribution in [-0.4, -0.2) is 47.9 Å². The van der Waals surface area contributed by atoms with Crippen LogP contribution in [0.4, 0.5) is 5.82 Å². The minimum Gasteiger partial charge on any atom is -0.438 e. The first-order valence-electron chi connectivity index (χ1n) is 10.6. The Balaban J connectivity index is 1.71. The monoisotopic (exact) mass is 465 g/mol. The topological polar surface area (TPSA) is 118 Å². The molecule has 0 saturated carbocycles. The van der Waals surface area contributed by atoms with Crippen molar-refractivity contribution in [3.05, 3.63) is 64.4 Å². The third-order valence-electron chi connectivity index (χ3n) is 5.35. The molecule has 3 aromatic rings. The van der Waals surface area contributed by atoms with Gasteiger partial charge in [0.2, 0.25) is 5.88 Å². The van der Waals surface area contributed by atoms with Gasteiger partial charge in [-0.05, 0) is 36.8 Å². The van der Waals surface area contributed by atoms with Crippen LogP contribution in [0.1, 0.15) is 23.1 Å². The van der Waals surface area contributed by atoms with Gasteiger partial charge in [0.1, 0.15) is 17.4 Å². The lowest BCUT2D eigenvalue weighted by molar-refractivity contribution is 0.122. The fourth-order valence-electron chi connectivity index (χ4n) is 3.65. The summed E-state index contributed by atoms with van der Waals surface area (Å²) in [6, 6.07) is 14.4. The number of aryl methyl sites for hydroxylation is 1. The van der Waals surface area contributed by atoms with E-state index in [2.05, 4.69) is 20.9 Å². The minimum atomic E-state index is -0.842. The first-order valence-corrected chi connectivity index (χ1v) is 10.9. The fraction of sp³-hybridized carbons (Fsp3) is 0.292. The average molecular weight is 466 g/mol. The number of aliphatic hydroxyl groups excluding tert-OH is 1. The average Bonchev–Trinajstić information content (AvgIpc) is 2.83. The van der Waals surface area contributed by atoms with Crippen LogP contribution in [0.5, 0.6) is 11.6 Å². The summed E-state index contributed by atoms with van der Waals surface area (Å²) in [4.78, 5) is 11.1. The van der Waals surface area contributed by atoms with Crippen molar-refractivity contribution in [3.63, 3.8) is 0 Å². The largest absolute Gasteiger partial charge is 0.438 e. The molecule has 8 nitrogen and oxygen atoms in total. The van der Waals surface area contributed by atoms with E-state index in [4.69, 9.17) is 26.8 Å². The molecule has 4 rings (SSSR count). The normalized spacial score (nSPS) is 14.6. The Morgan fingerprint density at radius 3 is 2.70 bits per heavy atom. The van der Waals surface area contributed by atoms with Crippen LogP contribution in [0.2, 0.25) is 5.02 Å². The molecule has 0 radical (unpaired) electrons. The molecular weight excluding hydrogens is 442 g/mol. The lowest BCUT2D eigenvalue weighted by Crippen LogP contribution is -2.36. The summed E-state index contributed by atoms with van der Waals surface area (Å²) >= 11 is 6.41. The summed E-state index contributed by atoms with van der Waals surface area (Å²) in [5.74, 6) is 2.18. The number of hydrogen-bond acceptors (Lipinski definition) is 8. The SMILES string of the molecule is Cc1nc(Oc2cc(C#N)ccc2-c2ccc(C(O)CN)c(Cl)c2)cc(N2CCOCC2)n1. The van der Waals surface area contributed by atoms with E-state index in [1.807, 2.05) is 13.0 Å². The van der Waals surface area contributed by atoms with Gasteiger partial charge in [0.05, 0.1) is 31.0 Å². The van der Waals surface area contributed by atoms with Crippen molar-refractivity contribution in [2.24, 2.45) is 5.73 Å². The van der Waals surface area contributed by atoms with Crippen molar-refractivity contribution in [1.82, 2.24) is 9.97 Å². The maximum Gasteiger partial charge on any atom is 0.224 e. The number of aliphatic hydroxyl groups is 1. The number of morpholine rings is 1. The van der Waals surface area contributed by atoms with E-state index in [1.54, 1.807) is 36.4 Å². The van der Waals surface area contributed by atoms with Gasteiger partial charge in [-0.1, -0.05) is 23.7 Å². The van der Waals surface area contributed by atoms with E-state index in [0.717, 1.165) is 30.0 Å². The van der Waals surface area contributed by atoms with Gasteiger partial charge in [-0.15, -0.1) is 0 Å². The number of nitrogens with zero attached hydrogens (tertiary/aromatic N) is 4. The fourth-order valence-corrected chi connectivity index (χ4v) is 3.96. The molecular formula is C24H24ClN5O3. The van der Waals surface area contributed by atoms with Crippen LogP contribution in [-0.2, 0) is 4.74 Å². The van der Waals surface area contributed by atoms with Crippen LogP contribution in [0, 0.1) is 18.3 Å². The summed E-state index contributed by atoms with van der Waals surface area (Å²) in [6.07, 6.45) is -0.842. The van der Waals surface area contributed by atoms with Gasteiger partial charge >= 0.3 is 0 Å². The minimum absolute atomic E-state index is 0.0723. The van der Waals surface area contributed by atoms with Crippen molar-refractivity contribution >= 4 is 17.4 Å². The lowest BCUT2D eigenvalue weighted by Gasteiger charge is -2.28. The molecule has 9 heteroatoms. The molecule has 0 spiro atoms. The van der Waals surface area contributed by atoms with Crippen LogP contribution >= 0.6 is 11.6 Å². The van der Waals surface area contributed by atoms with Gasteiger partial charge in [-0.3, -0.25) is 0 Å². The molecule has 0 bridgehead atoms. The molecule has 1 atom stereocenters. The van der Waals surface area contributed by atoms with E-state index < -0.39 is 6.10 Å². The molecule has 1 aliphatic rings. The Morgan fingerprint density at radius 1 is 1.21 bits per heavy atom. The van der Waals surface area contributed by atoms with Gasteiger partial charge in [-0.2, -0.15) is 10.2 Å². The van der Waals surface area contributed by atoms with Gasteiger partial charge in [-0.25, -0.2) is 4.98 Å². The highest BCUT2D eigenvalue weighted by molar-refractivity contribution is 6.31. The number of benzene rings is 2. The second-order valence-corrected chi connectivity index (χ2v) is 8.03. The summed E-state index contributed by atoms with van der Waals surface area (Å²) in [6.45, 7) is 4.65. The first-order chi connectivity index (χ1) is 16.0. The maximum atomic E-state index is 10.1. The number of halogens is 1. The molecule has 0 amide bonds. The van der Waals surface area contributed by atoms with Gasteiger partial charge in [0.15, 0.2) is 0 Å². The van der Waals surface area contributed by atoms with Crippen LogP contribution < -0.4 is 15.4 Å². The number of aromatic nitrogens is 2. The second kappa shape index (κ2) is 10.1. The molecule has 1 aliphatic heterocycles. The standard InChI is InChI=1S/C24H24ClN5O3/c1-15-28-23(30-6-8-32-9-7-30)12-24(29-15)33-22-10-16(13-26)2-4-18(22)17-3-5-19(20(25)11-17)21(31)14-27/h2-5,10-12,21,31H,6-9,14,27H2,1H3. The highest BCUT2D eigenvalue weighted by Crippen LogP contribution is 2.37. The zero-order chi connectivity index (χ0) is 23.4. The summed E-state index contributed by atoms with van der Waals surface area (Å²) in [5, 5.41) is 19.9. The maximum absolute atomic E-state index is 10.1. The Bertz CT molecular complexity index is 1190. The van der Waals surface area contributed by atoms with Gasteiger partial charge < -0.3 is 25.2 Å². The number of nitrogens with two attached hydrogens (primary N) is 1. The Kier molecular flexibility index (Phi) is 7.06. The van der Waals surface area contributed by atoms with Crippen molar-refractivity contribution in [2.45, 2.75) is 13.0 Å². The van der Waals surface area contributed by atoms with Crippen molar-refractivity contribution in [1.29, 1.82) is 5.26 Å². The predicted octanol–water partition coefficient (Wildman–Crippen LogP) is 3.60. The highest BCUT2D eigenvalue weighted by Gasteiger charge is 2.17. The van der Waals surface area contributed by atoms with E-state index in [0.29, 0.717) is 46.8 Å². The summed E-state index contributed by atoms with van der Waals surface area (Å²) in [5.41, 5.74) is 8.07. The molecule has 1 unspecified atom stereocenters. The first kappa shape index (κ1) is 23.0. The molecule has 33 heavy (non-hydrogen) atoms. The zero-order valence-electron chi connectivity index (χ0n) is 18.2. The van der Waals surface area contributed by atoms with Crippen molar-refractivity contribution in [2.75, 3.05) is 37.7 Å². The third kappa shape index (κ3) is 5.24. The van der Waals surface area contributed by atoms with E-state index in [1.165, 1.54) is 0 Å². The molecule has 170 valence electrons. The van der Waals surface area contributed by atoms with Crippen LogP contribution in [0.15, 0.2) is 42.5 Å². The van der Waals surface area contributed by atoms with Crippen molar-refractivity contribution < 1.29 is 14.6 Å². The number of ether oxygens (including phenoxy) is 2.